The molecule has 1 aromatic heterocycles. The molecule has 2 saturated heterocycles. The van der Waals surface area contributed by atoms with Gasteiger partial charge in [-0.3, -0.25) is 4.79 Å². The molecule has 2 amide bonds. The van der Waals surface area contributed by atoms with E-state index in [1.165, 1.54) is 0 Å². The lowest BCUT2D eigenvalue weighted by Gasteiger charge is -2.39. The first-order valence-electron chi connectivity index (χ1n) is 9.47. The summed E-state index contributed by atoms with van der Waals surface area (Å²) in [6.45, 7) is 5.66. The predicted octanol–water partition coefficient (Wildman–Crippen LogP) is 2.17. The van der Waals surface area contributed by atoms with Gasteiger partial charge in [-0.25, -0.2) is 4.79 Å². The number of aromatic nitrogens is 3. The van der Waals surface area contributed by atoms with E-state index >= 15 is 0 Å². The molecule has 3 rings (SSSR count). The fraction of sp³-hybridized carbons (Fsp3) is 0.778. The third-order valence-corrected chi connectivity index (χ3v) is 5.00. The normalized spacial score (nSPS) is 25.2. The summed E-state index contributed by atoms with van der Waals surface area (Å²) in [5.41, 5.74) is 0.396. The van der Waals surface area contributed by atoms with E-state index in [1.807, 2.05) is 25.7 Å². The Morgan fingerprint density at radius 2 is 2.00 bits per heavy atom. The summed E-state index contributed by atoms with van der Waals surface area (Å²) in [5.74, 6) is 0.0728. The van der Waals surface area contributed by atoms with Crippen LogP contribution in [0.25, 0.3) is 0 Å². The molecule has 0 saturated carbocycles. The highest BCUT2D eigenvalue weighted by molar-refractivity contribution is 5.76. The van der Waals surface area contributed by atoms with Gasteiger partial charge >= 0.3 is 6.09 Å². The van der Waals surface area contributed by atoms with Crippen LogP contribution in [0.15, 0.2) is 6.20 Å². The second-order valence-electron chi connectivity index (χ2n) is 8.32. The van der Waals surface area contributed by atoms with E-state index in [0.717, 1.165) is 44.2 Å². The number of carbonyl (C=O) groups is 2. The zero-order valence-corrected chi connectivity index (χ0v) is 15.8. The third-order valence-electron chi connectivity index (χ3n) is 5.00. The molecule has 0 aromatic carbocycles. The van der Waals surface area contributed by atoms with Gasteiger partial charge in [0.2, 0.25) is 5.91 Å². The van der Waals surface area contributed by atoms with Crippen LogP contribution in [-0.4, -0.2) is 56.0 Å². The predicted molar refractivity (Wildman–Crippen MR) is 95.4 cm³/mol. The van der Waals surface area contributed by atoms with Crippen molar-refractivity contribution in [1.82, 2.24) is 25.6 Å². The standard InChI is InChI=1S/C18H29N5O3/c1-18(2,3)26-17(25)23-14-7-8-15(23)10-13(9-14)20-16(24)6-4-5-12-11-19-22-21-12/h11,13-15H,4-10H2,1-3H3,(H,20,24)(H,19,21,22). The maximum atomic E-state index is 12.5. The summed E-state index contributed by atoms with van der Waals surface area (Å²) in [4.78, 5) is 26.6. The van der Waals surface area contributed by atoms with Crippen molar-refractivity contribution in [2.24, 2.45) is 0 Å². The summed E-state index contributed by atoms with van der Waals surface area (Å²) >= 11 is 0. The summed E-state index contributed by atoms with van der Waals surface area (Å²) in [6.07, 6.45) is 7.04. The van der Waals surface area contributed by atoms with Crippen molar-refractivity contribution in [3.63, 3.8) is 0 Å². The molecule has 2 N–H and O–H groups in total. The maximum absolute atomic E-state index is 12.5. The molecule has 1 aromatic rings. The number of nitrogens with zero attached hydrogens (tertiary/aromatic N) is 3. The lowest BCUT2D eigenvalue weighted by molar-refractivity contribution is -0.122. The highest BCUT2D eigenvalue weighted by atomic mass is 16.6. The van der Waals surface area contributed by atoms with Gasteiger partial charge in [0.05, 0.1) is 11.9 Å². The number of hydrogen-bond donors (Lipinski definition) is 2. The van der Waals surface area contributed by atoms with E-state index in [2.05, 4.69) is 20.7 Å². The second kappa shape index (κ2) is 7.63. The fourth-order valence-corrected chi connectivity index (χ4v) is 3.98. The van der Waals surface area contributed by atoms with Crippen LogP contribution >= 0.6 is 0 Å². The molecule has 8 nitrogen and oxygen atoms in total. The number of aromatic amines is 1. The van der Waals surface area contributed by atoms with Crippen molar-refractivity contribution in [3.05, 3.63) is 11.9 Å². The summed E-state index contributed by atoms with van der Waals surface area (Å²) in [5, 5.41) is 13.5. The molecule has 26 heavy (non-hydrogen) atoms. The average Bonchev–Trinajstić information content (AvgIpc) is 3.12. The first-order valence-corrected chi connectivity index (χ1v) is 9.47. The van der Waals surface area contributed by atoms with Crippen molar-refractivity contribution in [1.29, 1.82) is 0 Å². The summed E-state index contributed by atoms with van der Waals surface area (Å²) in [7, 11) is 0. The SMILES string of the molecule is CC(C)(C)OC(=O)N1C2CCC1CC(NC(=O)CCCc1cn[nH]n1)C2. The number of piperidine rings is 1. The molecule has 0 aliphatic carbocycles. The smallest absolute Gasteiger partial charge is 0.410 e. The Balaban J connectivity index is 1.44. The zero-order valence-electron chi connectivity index (χ0n) is 15.8. The highest BCUT2D eigenvalue weighted by Crippen LogP contribution is 2.36. The topological polar surface area (TPSA) is 100 Å². The largest absolute Gasteiger partial charge is 0.444 e. The Hall–Kier alpha value is -2.12. The molecule has 0 radical (unpaired) electrons. The molecule has 2 unspecified atom stereocenters. The molecule has 2 aliphatic heterocycles. The average molecular weight is 363 g/mol. The summed E-state index contributed by atoms with van der Waals surface area (Å²) in [6, 6.07) is 0.485. The number of aryl methyl sites for hydroxylation is 1. The van der Waals surface area contributed by atoms with Crippen molar-refractivity contribution in [3.8, 4) is 0 Å². The van der Waals surface area contributed by atoms with E-state index in [-0.39, 0.29) is 30.1 Å². The van der Waals surface area contributed by atoms with Crippen LogP contribution in [0.2, 0.25) is 0 Å². The molecule has 2 aliphatic rings. The minimum Gasteiger partial charge on any atom is -0.444 e. The first kappa shape index (κ1) is 18.7. The van der Waals surface area contributed by atoms with Crippen LogP contribution in [0, 0.1) is 0 Å². The van der Waals surface area contributed by atoms with Crippen molar-refractivity contribution < 1.29 is 14.3 Å². The summed E-state index contributed by atoms with van der Waals surface area (Å²) < 4.78 is 5.55. The Morgan fingerprint density at radius 1 is 1.31 bits per heavy atom. The molecule has 2 atom stereocenters. The van der Waals surface area contributed by atoms with Crippen LogP contribution in [0.3, 0.4) is 0 Å². The maximum Gasteiger partial charge on any atom is 0.410 e. The molecule has 2 fully saturated rings. The van der Waals surface area contributed by atoms with Gasteiger partial charge in [0.15, 0.2) is 0 Å². The Bertz CT molecular complexity index is 611. The Morgan fingerprint density at radius 3 is 2.58 bits per heavy atom. The molecular weight excluding hydrogens is 334 g/mol. The van der Waals surface area contributed by atoms with Gasteiger partial charge < -0.3 is 15.0 Å². The van der Waals surface area contributed by atoms with E-state index in [0.29, 0.717) is 6.42 Å². The van der Waals surface area contributed by atoms with Gasteiger partial charge in [-0.15, -0.1) is 0 Å². The van der Waals surface area contributed by atoms with Gasteiger partial charge in [-0.2, -0.15) is 15.4 Å². The molecule has 2 bridgehead atoms. The van der Waals surface area contributed by atoms with Gasteiger partial charge in [-0.05, 0) is 59.3 Å². The zero-order chi connectivity index (χ0) is 18.7. The van der Waals surface area contributed by atoms with Crippen molar-refractivity contribution in [2.45, 2.75) is 89.4 Å². The lowest BCUT2D eigenvalue weighted by atomic mass is 9.97. The van der Waals surface area contributed by atoms with Crippen LogP contribution in [0.1, 0.15) is 65.0 Å². The highest BCUT2D eigenvalue weighted by Gasteiger charge is 2.45. The monoisotopic (exact) mass is 363 g/mol. The Kier molecular flexibility index (Phi) is 5.48. The second-order valence-corrected chi connectivity index (χ2v) is 8.32. The molecule has 8 heteroatoms. The third kappa shape index (κ3) is 4.74. The number of amides is 2. The molecular formula is C18H29N5O3. The van der Waals surface area contributed by atoms with E-state index < -0.39 is 5.60 Å². The van der Waals surface area contributed by atoms with Crippen LogP contribution in [0.4, 0.5) is 4.79 Å². The lowest BCUT2D eigenvalue weighted by Crippen LogP contribution is -2.53. The van der Waals surface area contributed by atoms with Gasteiger partial charge in [0, 0.05) is 24.5 Å². The quantitative estimate of drug-likeness (QED) is 0.835. The number of hydrogen-bond acceptors (Lipinski definition) is 5. The Labute approximate surface area is 154 Å². The molecule has 3 heterocycles. The van der Waals surface area contributed by atoms with E-state index in [4.69, 9.17) is 4.74 Å². The van der Waals surface area contributed by atoms with Crippen LogP contribution in [-0.2, 0) is 16.0 Å². The van der Waals surface area contributed by atoms with Crippen molar-refractivity contribution >= 4 is 12.0 Å². The van der Waals surface area contributed by atoms with Gasteiger partial charge in [0.1, 0.15) is 5.60 Å². The molecule has 0 spiro atoms. The van der Waals surface area contributed by atoms with Crippen LogP contribution < -0.4 is 5.32 Å². The number of fused-ring (bicyclic) bond motifs is 2. The van der Waals surface area contributed by atoms with E-state index in [9.17, 15) is 9.59 Å². The van der Waals surface area contributed by atoms with E-state index in [1.54, 1.807) is 6.20 Å². The molecule has 144 valence electrons. The minimum absolute atomic E-state index is 0.0728. The minimum atomic E-state index is -0.481. The van der Waals surface area contributed by atoms with Crippen molar-refractivity contribution in [2.75, 3.05) is 0 Å². The van der Waals surface area contributed by atoms with Crippen LogP contribution in [0.5, 0.6) is 0 Å². The number of ether oxygens (including phenoxy) is 1. The van der Waals surface area contributed by atoms with Gasteiger partial charge in [-0.1, -0.05) is 0 Å². The number of nitrogens with one attached hydrogen (secondary N) is 2. The number of H-pyrrole nitrogens is 1. The van der Waals surface area contributed by atoms with Gasteiger partial charge in [0.25, 0.3) is 0 Å². The fourth-order valence-electron chi connectivity index (χ4n) is 3.98. The first-order chi connectivity index (χ1) is 12.3. The number of rotatable bonds is 5. The number of carbonyl (C=O) groups excluding carboxylic acids is 2.